The molecule has 0 radical (unpaired) electrons. The molecule has 1 aromatic carbocycles. The van der Waals surface area contributed by atoms with Crippen LogP contribution in [0.4, 0.5) is 0 Å². The first-order valence-electron chi connectivity index (χ1n) is 6.19. The van der Waals surface area contributed by atoms with Gasteiger partial charge < -0.3 is 10.5 Å². The molecule has 0 aliphatic heterocycles. The average Bonchev–Trinajstić information content (AvgIpc) is 2.82. The molecule has 0 atom stereocenters. The number of rotatable bonds is 5. The molecular weight excluding hydrogens is 226 g/mol. The largest absolute Gasteiger partial charge is 0.497 e. The van der Waals surface area contributed by atoms with E-state index in [0.717, 1.165) is 30.0 Å². The second-order valence-electron chi connectivity index (χ2n) is 4.10. The van der Waals surface area contributed by atoms with Gasteiger partial charge in [0, 0.05) is 12.1 Å². The van der Waals surface area contributed by atoms with Crippen LogP contribution < -0.4 is 10.5 Å². The molecule has 2 aromatic rings. The predicted molar refractivity (Wildman–Crippen MR) is 72.6 cm³/mol. The van der Waals surface area contributed by atoms with Crippen molar-refractivity contribution in [1.29, 1.82) is 0 Å². The predicted octanol–water partition coefficient (Wildman–Crippen LogP) is 2.08. The topological polar surface area (TPSA) is 53.1 Å². The van der Waals surface area contributed by atoms with E-state index in [-0.39, 0.29) is 0 Å². The fourth-order valence-electron chi connectivity index (χ4n) is 2.11. The molecule has 2 N–H and O–H groups in total. The van der Waals surface area contributed by atoms with E-state index in [4.69, 9.17) is 10.5 Å². The van der Waals surface area contributed by atoms with Crippen LogP contribution in [0, 0.1) is 0 Å². The van der Waals surface area contributed by atoms with Gasteiger partial charge in [0.2, 0.25) is 0 Å². The van der Waals surface area contributed by atoms with Crippen LogP contribution in [0.3, 0.4) is 0 Å². The molecular formula is C14H19N3O. The highest BCUT2D eigenvalue weighted by atomic mass is 16.5. The molecule has 0 fully saturated rings. The summed E-state index contributed by atoms with van der Waals surface area (Å²) in [5, 5.41) is 4.41. The summed E-state index contributed by atoms with van der Waals surface area (Å²) in [4.78, 5) is 0. The first-order valence-corrected chi connectivity index (χ1v) is 6.19. The van der Waals surface area contributed by atoms with Crippen molar-refractivity contribution in [1.82, 2.24) is 9.78 Å². The molecule has 2 rings (SSSR count). The normalized spacial score (nSPS) is 10.6. The molecule has 0 amide bonds. The minimum absolute atomic E-state index is 0.631. The highest BCUT2D eigenvalue weighted by Crippen LogP contribution is 2.27. The Labute approximate surface area is 107 Å². The Morgan fingerprint density at radius 3 is 2.89 bits per heavy atom. The van der Waals surface area contributed by atoms with Crippen molar-refractivity contribution in [3.63, 3.8) is 0 Å². The monoisotopic (exact) mass is 245 g/mol. The number of nitrogens with two attached hydrogens (primary N) is 1. The Bertz CT molecular complexity index is 520. The summed E-state index contributed by atoms with van der Waals surface area (Å²) >= 11 is 0. The van der Waals surface area contributed by atoms with Gasteiger partial charge in [0.25, 0.3) is 0 Å². The van der Waals surface area contributed by atoms with E-state index in [9.17, 15) is 0 Å². The lowest BCUT2D eigenvalue weighted by atomic mass is 10.1. The number of ether oxygens (including phenoxy) is 1. The maximum Gasteiger partial charge on any atom is 0.119 e. The summed E-state index contributed by atoms with van der Waals surface area (Å²) < 4.78 is 7.27. The molecule has 1 heterocycles. The van der Waals surface area contributed by atoms with Crippen LogP contribution in [-0.2, 0) is 13.0 Å². The van der Waals surface area contributed by atoms with Crippen LogP contribution in [0.5, 0.6) is 5.75 Å². The number of benzene rings is 1. The van der Waals surface area contributed by atoms with Crippen LogP contribution >= 0.6 is 0 Å². The van der Waals surface area contributed by atoms with Crippen LogP contribution in [-0.4, -0.2) is 23.4 Å². The zero-order valence-corrected chi connectivity index (χ0v) is 10.9. The minimum atomic E-state index is 0.631. The lowest BCUT2D eigenvalue weighted by Gasteiger charge is -2.09. The summed E-state index contributed by atoms with van der Waals surface area (Å²) in [5.74, 6) is 0.857. The van der Waals surface area contributed by atoms with Crippen molar-refractivity contribution in [2.45, 2.75) is 19.9 Å². The fourth-order valence-corrected chi connectivity index (χ4v) is 2.11. The molecule has 4 nitrogen and oxygen atoms in total. The molecule has 4 heteroatoms. The number of hydrogen-bond donors (Lipinski definition) is 1. The van der Waals surface area contributed by atoms with Crippen molar-refractivity contribution in [3.8, 4) is 17.0 Å². The lowest BCUT2D eigenvalue weighted by molar-refractivity contribution is 0.415. The standard InChI is InChI=1S/C14H19N3O/c1-3-17-14(12(7-8-15)10-16-17)11-5-4-6-13(9-11)18-2/h4-6,9-10H,3,7-8,15H2,1-2H3. The highest BCUT2D eigenvalue weighted by Gasteiger charge is 2.12. The Hall–Kier alpha value is -1.81. The van der Waals surface area contributed by atoms with Crippen molar-refractivity contribution in [3.05, 3.63) is 36.0 Å². The molecule has 0 aliphatic rings. The zero-order chi connectivity index (χ0) is 13.0. The number of aryl methyl sites for hydroxylation is 1. The van der Waals surface area contributed by atoms with E-state index in [1.54, 1.807) is 7.11 Å². The van der Waals surface area contributed by atoms with Gasteiger partial charge in [-0.3, -0.25) is 4.68 Å². The molecule has 0 unspecified atom stereocenters. The highest BCUT2D eigenvalue weighted by molar-refractivity contribution is 5.65. The molecule has 0 aliphatic carbocycles. The number of aromatic nitrogens is 2. The molecule has 1 aromatic heterocycles. The summed E-state index contributed by atoms with van der Waals surface area (Å²) in [6.07, 6.45) is 2.75. The Morgan fingerprint density at radius 1 is 1.39 bits per heavy atom. The van der Waals surface area contributed by atoms with Gasteiger partial charge in [0.1, 0.15) is 5.75 Å². The zero-order valence-electron chi connectivity index (χ0n) is 10.9. The van der Waals surface area contributed by atoms with Gasteiger partial charge in [-0.05, 0) is 37.6 Å². The van der Waals surface area contributed by atoms with E-state index in [1.807, 2.05) is 29.1 Å². The first-order chi connectivity index (χ1) is 8.80. The van der Waals surface area contributed by atoms with Gasteiger partial charge in [-0.1, -0.05) is 12.1 Å². The summed E-state index contributed by atoms with van der Waals surface area (Å²) in [5.41, 5.74) is 9.10. The lowest BCUT2D eigenvalue weighted by Crippen LogP contribution is -2.05. The second-order valence-corrected chi connectivity index (χ2v) is 4.10. The van der Waals surface area contributed by atoms with Gasteiger partial charge in [-0.15, -0.1) is 0 Å². The number of hydrogen-bond acceptors (Lipinski definition) is 3. The second kappa shape index (κ2) is 5.69. The number of nitrogens with zero attached hydrogens (tertiary/aromatic N) is 2. The van der Waals surface area contributed by atoms with Crippen LogP contribution in [0.25, 0.3) is 11.3 Å². The number of methoxy groups -OCH3 is 1. The molecule has 0 saturated heterocycles. The summed E-state index contributed by atoms with van der Waals surface area (Å²) in [6.45, 7) is 3.56. The van der Waals surface area contributed by atoms with Crippen molar-refractivity contribution in [2.24, 2.45) is 5.73 Å². The van der Waals surface area contributed by atoms with E-state index in [1.165, 1.54) is 5.56 Å². The summed E-state index contributed by atoms with van der Waals surface area (Å²) in [7, 11) is 1.68. The molecule has 0 bridgehead atoms. The van der Waals surface area contributed by atoms with Crippen molar-refractivity contribution in [2.75, 3.05) is 13.7 Å². The molecule has 0 spiro atoms. The smallest absolute Gasteiger partial charge is 0.119 e. The van der Waals surface area contributed by atoms with E-state index in [2.05, 4.69) is 18.1 Å². The maximum atomic E-state index is 5.65. The molecule has 0 saturated carbocycles. The van der Waals surface area contributed by atoms with Gasteiger partial charge in [0.05, 0.1) is 19.0 Å². The van der Waals surface area contributed by atoms with E-state index < -0.39 is 0 Å². The third-order valence-corrected chi connectivity index (χ3v) is 2.97. The Morgan fingerprint density at radius 2 is 2.22 bits per heavy atom. The van der Waals surface area contributed by atoms with Gasteiger partial charge >= 0.3 is 0 Å². The van der Waals surface area contributed by atoms with Crippen molar-refractivity contribution < 1.29 is 4.74 Å². The molecule has 96 valence electrons. The van der Waals surface area contributed by atoms with E-state index >= 15 is 0 Å². The average molecular weight is 245 g/mol. The Balaban J connectivity index is 2.49. The van der Waals surface area contributed by atoms with E-state index in [0.29, 0.717) is 6.54 Å². The third-order valence-electron chi connectivity index (χ3n) is 2.97. The van der Waals surface area contributed by atoms with Crippen molar-refractivity contribution >= 4 is 0 Å². The van der Waals surface area contributed by atoms with Crippen LogP contribution in [0.2, 0.25) is 0 Å². The SMILES string of the molecule is CCn1ncc(CCN)c1-c1cccc(OC)c1. The fraction of sp³-hybridized carbons (Fsp3) is 0.357. The minimum Gasteiger partial charge on any atom is -0.497 e. The quantitative estimate of drug-likeness (QED) is 0.877. The molecule has 18 heavy (non-hydrogen) atoms. The van der Waals surface area contributed by atoms with Gasteiger partial charge in [0.15, 0.2) is 0 Å². The first kappa shape index (κ1) is 12.6. The van der Waals surface area contributed by atoms with Crippen LogP contribution in [0.15, 0.2) is 30.5 Å². The van der Waals surface area contributed by atoms with Crippen LogP contribution in [0.1, 0.15) is 12.5 Å². The Kier molecular flexibility index (Phi) is 3.99. The third kappa shape index (κ3) is 2.38. The maximum absolute atomic E-state index is 5.65. The summed E-state index contributed by atoms with van der Waals surface area (Å²) in [6, 6.07) is 8.04. The van der Waals surface area contributed by atoms with Gasteiger partial charge in [-0.2, -0.15) is 5.10 Å². The van der Waals surface area contributed by atoms with Gasteiger partial charge in [-0.25, -0.2) is 0 Å².